The predicted octanol–water partition coefficient (Wildman–Crippen LogP) is 2.51. The van der Waals surface area contributed by atoms with Gasteiger partial charge in [0.15, 0.2) is 0 Å². The van der Waals surface area contributed by atoms with Gasteiger partial charge in [0.05, 0.1) is 12.8 Å². The van der Waals surface area contributed by atoms with Gasteiger partial charge < -0.3 is 9.52 Å². The molecule has 0 atom stereocenters. The van der Waals surface area contributed by atoms with Gasteiger partial charge in [-0.15, -0.1) is 6.58 Å². The fourth-order valence-electron chi connectivity index (χ4n) is 1.95. The van der Waals surface area contributed by atoms with Crippen LogP contribution in [0.5, 0.6) is 0 Å². The number of carboxylic acid groups (broad SMARTS) is 1. The molecular formula is C14H15NO3. The molecule has 1 aromatic carbocycles. The van der Waals surface area contributed by atoms with Crippen molar-refractivity contribution in [2.45, 2.75) is 6.54 Å². The third-order valence-electron chi connectivity index (χ3n) is 2.70. The van der Waals surface area contributed by atoms with Crippen LogP contribution in [0.2, 0.25) is 0 Å². The van der Waals surface area contributed by atoms with Crippen LogP contribution in [0, 0.1) is 0 Å². The highest BCUT2D eigenvalue weighted by Gasteiger charge is 2.12. The summed E-state index contributed by atoms with van der Waals surface area (Å²) in [6.07, 6.45) is 3.38. The third kappa shape index (κ3) is 2.78. The highest BCUT2D eigenvalue weighted by atomic mass is 16.4. The van der Waals surface area contributed by atoms with Crippen molar-refractivity contribution in [3.05, 3.63) is 48.7 Å². The van der Waals surface area contributed by atoms with Crippen molar-refractivity contribution in [3.8, 4) is 0 Å². The summed E-state index contributed by atoms with van der Waals surface area (Å²) in [4.78, 5) is 12.6. The largest absolute Gasteiger partial charge is 0.480 e. The van der Waals surface area contributed by atoms with Gasteiger partial charge in [-0.1, -0.05) is 24.3 Å². The van der Waals surface area contributed by atoms with Gasteiger partial charge in [-0.25, -0.2) is 0 Å². The molecule has 0 saturated heterocycles. The first-order chi connectivity index (χ1) is 8.70. The molecule has 4 heteroatoms. The highest BCUT2D eigenvalue weighted by molar-refractivity contribution is 5.80. The summed E-state index contributed by atoms with van der Waals surface area (Å²) in [5.74, 6) is -0.843. The molecule has 0 amide bonds. The molecule has 0 bridgehead atoms. The Kier molecular flexibility index (Phi) is 3.79. The van der Waals surface area contributed by atoms with Gasteiger partial charge in [-0.3, -0.25) is 9.69 Å². The number of hydrogen-bond donors (Lipinski definition) is 1. The number of para-hydroxylation sites is 1. The standard InChI is InChI=1S/C14H15NO3/c1-2-7-15(9-14(16)17)8-11-10-18-13-6-4-3-5-12(11)13/h2-6,10H,1,7-9H2,(H,16,17). The van der Waals surface area contributed by atoms with E-state index in [0.717, 1.165) is 16.5 Å². The lowest BCUT2D eigenvalue weighted by molar-refractivity contribution is -0.138. The van der Waals surface area contributed by atoms with E-state index >= 15 is 0 Å². The second-order valence-corrected chi connectivity index (χ2v) is 4.11. The molecule has 4 nitrogen and oxygen atoms in total. The molecule has 0 aliphatic carbocycles. The van der Waals surface area contributed by atoms with Gasteiger partial charge in [-0.05, 0) is 6.07 Å². The van der Waals surface area contributed by atoms with Crippen LogP contribution in [0.1, 0.15) is 5.56 Å². The van der Waals surface area contributed by atoms with Crippen molar-refractivity contribution in [2.75, 3.05) is 13.1 Å². The molecule has 94 valence electrons. The van der Waals surface area contributed by atoms with E-state index in [9.17, 15) is 4.79 Å². The number of fused-ring (bicyclic) bond motifs is 1. The van der Waals surface area contributed by atoms with E-state index in [4.69, 9.17) is 9.52 Å². The summed E-state index contributed by atoms with van der Waals surface area (Å²) in [7, 11) is 0. The summed E-state index contributed by atoms with van der Waals surface area (Å²) in [6.45, 7) is 4.70. The molecule has 0 spiro atoms. The average Bonchev–Trinajstić information content (AvgIpc) is 2.72. The third-order valence-corrected chi connectivity index (χ3v) is 2.70. The van der Waals surface area contributed by atoms with Crippen molar-refractivity contribution in [3.63, 3.8) is 0 Å². The van der Waals surface area contributed by atoms with Crippen LogP contribution in [-0.2, 0) is 11.3 Å². The van der Waals surface area contributed by atoms with E-state index in [2.05, 4.69) is 6.58 Å². The minimum atomic E-state index is -0.843. The van der Waals surface area contributed by atoms with Gasteiger partial charge >= 0.3 is 5.97 Å². The van der Waals surface area contributed by atoms with Crippen molar-refractivity contribution in [1.82, 2.24) is 4.90 Å². The molecule has 1 aromatic heterocycles. The molecule has 2 rings (SSSR count). The first-order valence-corrected chi connectivity index (χ1v) is 5.71. The Morgan fingerprint density at radius 3 is 2.94 bits per heavy atom. The maximum atomic E-state index is 10.8. The number of hydrogen-bond acceptors (Lipinski definition) is 3. The molecule has 0 radical (unpaired) electrons. The molecule has 18 heavy (non-hydrogen) atoms. The molecule has 1 heterocycles. The summed E-state index contributed by atoms with van der Waals surface area (Å²) < 4.78 is 5.43. The molecule has 0 saturated carbocycles. The Morgan fingerprint density at radius 2 is 2.22 bits per heavy atom. The van der Waals surface area contributed by atoms with E-state index in [0.29, 0.717) is 13.1 Å². The second kappa shape index (κ2) is 5.51. The first-order valence-electron chi connectivity index (χ1n) is 5.71. The monoisotopic (exact) mass is 245 g/mol. The summed E-state index contributed by atoms with van der Waals surface area (Å²) in [6, 6.07) is 7.72. The summed E-state index contributed by atoms with van der Waals surface area (Å²) in [5.41, 5.74) is 1.81. The number of aliphatic carboxylic acids is 1. The van der Waals surface area contributed by atoms with Crippen molar-refractivity contribution >= 4 is 16.9 Å². The zero-order valence-electron chi connectivity index (χ0n) is 10.0. The maximum Gasteiger partial charge on any atom is 0.317 e. The van der Waals surface area contributed by atoms with Crippen LogP contribution in [0.15, 0.2) is 47.6 Å². The Labute approximate surface area is 105 Å². The van der Waals surface area contributed by atoms with Crippen LogP contribution in [0.4, 0.5) is 0 Å². The number of benzene rings is 1. The maximum absolute atomic E-state index is 10.8. The van der Waals surface area contributed by atoms with Crippen LogP contribution in [0.25, 0.3) is 11.0 Å². The number of rotatable bonds is 6. The molecule has 0 fully saturated rings. The summed E-state index contributed by atoms with van der Waals surface area (Å²) >= 11 is 0. The molecule has 1 N–H and O–H groups in total. The van der Waals surface area contributed by atoms with Crippen LogP contribution in [-0.4, -0.2) is 29.1 Å². The topological polar surface area (TPSA) is 53.7 Å². The van der Waals surface area contributed by atoms with E-state index < -0.39 is 5.97 Å². The minimum Gasteiger partial charge on any atom is -0.480 e. The Balaban J connectivity index is 2.19. The molecule has 0 aliphatic heterocycles. The highest BCUT2D eigenvalue weighted by Crippen LogP contribution is 2.21. The zero-order valence-corrected chi connectivity index (χ0v) is 10.0. The lowest BCUT2D eigenvalue weighted by atomic mass is 10.1. The van der Waals surface area contributed by atoms with Crippen LogP contribution >= 0.6 is 0 Å². The fraction of sp³-hybridized carbons (Fsp3) is 0.214. The van der Waals surface area contributed by atoms with E-state index in [1.165, 1.54) is 0 Å². The first kappa shape index (κ1) is 12.4. The van der Waals surface area contributed by atoms with Crippen molar-refractivity contribution < 1.29 is 14.3 Å². The van der Waals surface area contributed by atoms with E-state index in [1.54, 1.807) is 17.2 Å². The van der Waals surface area contributed by atoms with E-state index in [1.807, 2.05) is 24.3 Å². The predicted molar refractivity (Wildman–Crippen MR) is 69.3 cm³/mol. The van der Waals surface area contributed by atoms with E-state index in [-0.39, 0.29) is 6.54 Å². The fourth-order valence-corrected chi connectivity index (χ4v) is 1.95. The Morgan fingerprint density at radius 1 is 1.44 bits per heavy atom. The number of carbonyl (C=O) groups is 1. The number of nitrogens with zero attached hydrogens (tertiary/aromatic N) is 1. The quantitative estimate of drug-likeness (QED) is 0.794. The van der Waals surface area contributed by atoms with Gasteiger partial charge in [0, 0.05) is 24.0 Å². The van der Waals surface area contributed by atoms with Gasteiger partial charge in [0.1, 0.15) is 5.58 Å². The molecule has 0 unspecified atom stereocenters. The number of furan rings is 1. The normalized spacial score (nSPS) is 10.9. The molecule has 2 aromatic rings. The van der Waals surface area contributed by atoms with Crippen LogP contribution < -0.4 is 0 Å². The summed E-state index contributed by atoms with van der Waals surface area (Å²) in [5, 5.41) is 9.88. The minimum absolute atomic E-state index is 0.00841. The Hall–Kier alpha value is -2.07. The second-order valence-electron chi connectivity index (χ2n) is 4.11. The Bertz CT molecular complexity index is 559. The zero-order chi connectivity index (χ0) is 13.0. The SMILES string of the molecule is C=CCN(CC(=O)O)Cc1coc2ccccc12. The number of carboxylic acids is 1. The van der Waals surface area contributed by atoms with Gasteiger partial charge in [0.2, 0.25) is 0 Å². The lowest BCUT2D eigenvalue weighted by Crippen LogP contribution is -2.29. The van der Waals surface area contributed by atoms with Gasteiger partial charge in [-0.2, -0.15) is 0 Å². The smallest absolute Gasteiger partial charge is 0.317 e. The lowest BCUT2D eigenvalue weighted by Gasteiger charge is -2.17. The van der Waals surface area contributed by atoms with Crippen LogP contribution in [0.3, 0.4) is 0 Å². The molecular weight excluding hydrogens is 230 g/mol. The van der Waals surface area contributed by atoms with Gasteiger partial charge in [0.25, 0.3) is 0 Å². The van der Waals surface area contributed by atoms with Crippen molar-refractivity contribution in [2.24, 2.45) is 0 Å². The average molecular weight is 245 g/mol. The van der Waals surface area contributed by atoms with Crippen molar-refractivity contribution in [1.29, 1.82) is 0 Å². The molecule has 0 aliphatic rings.